The number of aliphatic hydroxyl groups excluding tert-OH is 1. The Balaban J connectivity index is 2.61. The lowest BCUT2D eigenvalue weighted by molar-refractivity contribution is 0.194. The Morgan fingerprint density at radius 2 is 1.86 bits per heavy atom. The summed E-state index contributed by atoms with van der Waals surface area (Å²) < 4.78 is 0. The van der Waals surface area contributed by atoms with Gasteiger partial charge in [-0.15, -0.1) is 0 Å². The monoisotopic (exact) mass is 199 g/mol. The molecule has 0 heterocycles. The Hall–Kier alpha value is -0.0800. The summed E-state index contributed by atoms with van der Waals surface area (Å²) in [7, 11) is 2.04. The molecule has 1 unspecified atom stereocenters. The van der Waals surface area contributed by atoms with E-state index in [-0.39, 0.29) is 5.54 Å². The minimum absolute atomic E-state index is 0.211. The standard InChI is InChI=1S/C12H25NO/c1-11(2)5-4-6-12(13-3,8-7-11)9-10-14/h13-14H,4-10H2,1-3H3. The van der Waals surface area contributed by atoms with E-state index >= 15 is 0 Å². The predicted molar refractivity (Wildman–Crippen MR) is 60.4 cm³/mol. The predicted octanol–water partition coefficient (Wildman–Crippen LogP) is 2.32. The first-order valence-corrected chi connectivity index (χ1v) is 5.83. The van der Waals surface area contributed by atoms with Gasteiger partial charge in [0.15, 0.2) is 0 Å². The van der Waals surface area contributed by atoms with Crippen LogP contribution in [0.3, 0.4) is 0 Å². The van der Waals surface area contributed by atoms with Crippen LogP contribution in [-0.4, -0.2) is 24.3 Å². The van der Waals surface area contributed by atoms with Gasteiger partial charge < -0.3 is 10.4 Å². The van der Waals surface area contributed by atoms with Crippen LogP contribution in [0, 0.1) is 5.41 Å². The Bertz CT molecular complexity index is 179. The summed E-state index contributed by atoms with van der Waals surface area (Å²) in [6.07, 6.45) is 7.20. The van der Waals surface area contributed by atoms with Crippen molar-refractivity contribution in [3.63, 3.8) is 0 Å². The van der Waals surface area contributed by atoms with E-state index in [4.69, 9.17) is 5.11 Å². The Morgan fingerprint density at radius 3 is 2.43 bits per heavy atom. The molecule has 0 amide bonds. The van der Waals surface area contributed by atoms with Gasteiger partial charge in [-0.05, 0) is 44.6 Å². The van der Waals surface area contributed by atoms with Gasteiger partial charge in [0.2, 0.25) is 0 Å². The van der Waals surface area contributed by atoms with E-state index in [9.17, 15) is 0 Å². The highest BCUT2D eigenvalue weighted by Crippen LogP contribution is 2.39. The van der Waals surface area contributed by atoms with Gasteiger partial charge in [-0.3, -0.25) is 0 Å². The quantitative estimate of drug-likeness (QED) is 0.684. The van der Waals surface area contributed by atoms with Crippen LogP contribution < -0.4 is 5.32 Å². The van der Waals surface area contributed by atoms with Gasteiger partial charge in [0, 0.05) is 12.1 Å². The number of aliphatic hydroxyl groups is 1. The fourth-order valence-corrected chi connectivity index (χ4v) is 2.57. The molecular weight excluding hydrogens is 174 g/mol. The minimum Gasteiger partial charge on any atom is -0.396 e. The summed E-state index contributed by atoms with van der Waals surface area (Å²) >= 11 is 0. The molecule has 0 saturated heterocycles. The van der Waals surface area contributed by atoms with Gasteiger partial charge in [-0.2, -0.15) is 0 Å². The number of hydrogen-bond acceptors (Lipinski definition) is 2. The lowest BCUT2D eigenvalue weighted by Crippen LogP contribution is -2.43. The van der Waals surface area contributed by atoms with Gasteiger partial charge in [-0.25, -0.2) is 0 Å². The van der Waals surface area contributed by atoms with Crippen LogP contribution in [0.5, 0.6) is 0 Å². The molecule has 1 saturated carbocycles. The van der Waals surface area contributed by atoms with Crippen LogP contribution in [0.15, 0.2) is 0 Å². The molecule has 2 nitrogen and oxygen atoms in total. The fourth-order valence-electron chi connectivity index (χ4n) is 2.57. The molecule has 1 rings (SSSR count). The third-order valence-electron chi connectivity index (χ3n) is 3.91. The second kappa shape index (κ2) is 4.63. The maximum atomic E-state index is 9.10. The average molecular weight is 199 g/mol. The van der Waals surface area contributed by atoms with Crippen molar-refractivity contribution in [1.82, 2.24) is 5.32 Å². The van der Waals surface area contributed by atoms with Crippen LogP contribution in [0.1, 0.15) is 52.4 Å². The zero-order valence-electron chi connectivity index (χ0n) is 9.90. The van der Waals surface area contributed by atoms with E-state index < -0.39 is 0 Å². The molecule has 14 heavy (non-hydrogen) atoms. The molecule has 0 bridgehead atoms. The number of hydrogen-bond donors (Lipinski definition) is 2. The molecule has 0 aliphatic heterocycles. The summed E-state index contributed by atoms with van der Waals surface area (Å²) in [5.41, 5.74) is 0.705. The molecule has 0 aromatic carbocycles. The molecule has 1 aliphatic carbocycles. The van der Waals surface area contributed by atoms with Gasteiger partial charge in [0.05, 0.1) is 0 Å². The second-order valence-electron chi connectivity index (χ2n) is 5.52. The van der Waals surface area contributed by atoms with Gasteiger partial charge >= 0.3 is 0 Å². The maximum absolute atomic E-state index is 9.10. The van der Waals surface area contributed by atoms with E-state index in [0.29, 0.717) is 12.0 Å². The second-order valence-corrected chi connectivity index (χ2v) is 5.52. The van der Waals surface area contributed by atoms with E-state index in [1.54, 1.807) is 0 Å². The van der Waals surface area contributed by atoms with Crippen molar-refractivity contribution in [2.75, 3.05) is 13.7 Å². The van der Waals surface area contributed by atoms with E-state index in [1.165, 1.54) is 32.1 Å². The topological polar surface area (TPSA) is 32.3 Å². The Morgan fingerprint density at radius 1 is 1.14 bits per heavy atom. The maximum Gasteiger partial charge on any atom is 0.0448 e. The van der Waals surface area contributed by atoms with Crippen molar-refractivity contribution in [1.29, 1.82) is 0 Å². The molecule has 0 aromatic heterocycles. The highest BCUT2D eigenvalue weighted by atomic mass is 16.3. The zero-order valence-corrected chi connectivity index (χ0v) is 9.90. The largest absolute Gasteiger partial charge is 0.396 e. The number of rotatable bonds is 3. The van der Waals surface area contributed by atoms with Crippen molar-refractivity contribution in [3.8, 4) is 0 Å². The molecule has 1 aliphatic rings. The first-order chi connectivity index (χ1) is 6.54. The Labute approximate surface area is 88.1 Å². The first kappa shape index (κ1) is 12.0. The van der Waals surface area contributed by atoms with Crippen LogP contribution in [0.25, 0.3) is 0 Å². The highest BCUT2D eigenvalue weighted by Gasteiger charge is 2.33. The molecule has 1 atom stereocenters. The lowest BCUT2D eigenvalue weighted by Gasteiger charge is -2.32. The van der Waals surface area contributed by atoms with Crippen LogP contribution in [0.2, 0.25) is 0 Å². The van der Waals surface area contributed by atoms with Gasteiger partial charge in [0.25, 0.3) is 0 Å². The average Bonchev–Trinajstić information content (AvgIpc) is 2.27. The van der Waals surface area contributed by atoms with E-state index in [1.807, 2.05) is 7.05 Å². The summed E-state index contributed by atoms with van der Waals surface area (Å²) in [6, 6.07) is 0. The summed E-state index contributed by atoms with van der Waals surface area (Å²) in [5.74, 6) is 0. The highest BCUT2D eigenvalue weighted by molar-refractivity contribution is 4.91. The van der Waals surface area contributed by atoms with Crippen molar-refractivity contribution in [3.05, 3.63) is 0 Å². The molecule has 2 N–H and O–H groups in total. The minimum atomic E-state index is 0.211. The summed E-state index contributed by atoms with van der Waals surface area (Å²) in [5, 5.41) is 12.5. The van der Waals surface area contributed by atoms with Gasteiger partial charge in [0.1, 0.15) is 0 Å². The normalized spacial score (nSPS) is 32.6. The molecular formula is C12H25NO. The molecule has 84 valence electrons. The SMILES string of the molecule is CNC1(CCO)CCCC(C)(C)CC1. The third-order valence-corrected chi connectivity index (χ3v) is 3.91. The molecule has 2 heteroatoms. The molecule has 0 spiro atoms. The third kappa shape index (κ3) is 2.96. The smallest absolute Gasteiger partial charge is 0.0448 e. The fraction of sp³-hybridized carbons (Fsp3) is 1.00. The summed E-state index contributed by atoms with van der Waals surface area (Å²) in [4.78, 5) is 0. The zero-order chi connectivity index (χ0) is 10.7. The molecule has 1 fully saturated rings. The van der Waals surface area contributed by atoms with E-state index in [2.05, 4.69) is 19.2 Å². The lowest BCUT2D eigenvalue weighted by atomic mass is 9.82. The van der Waals surface area contributed by atoms with Crippen molar-refractivity contribution in [2.24, 2.45) is 5.41 Å². The van der Waals surface area contributed by atoms with Gasteiger partial charge in [-0.1, -0.05) is 20.3 Å². The van der Waals surface area contributed by atoms with Crippen molar-refractivity contribution in [2.45, 2.75) is 57.9 Å². The van der Waals surface area contributed by atoms with Crippen molar-refractivity contribution < 1.29 is 5.11 Å². The number of nitrogens with one attached hydrogen (secondary N) is 1. The van der Waals surface area contributed by atoms with Crippen LogP contribution >= 0.6 is 0 Å². The summed E-state index contributed by atoms with van der Waals surface area (Å²) in [6.45, 7) is 5.02. The van der Waals surface area contributed by atoms with Crippen LogP contribution in [0.4, 0.5) is 0 Å². The van der Waals surface area contributed by atoms with Crippen LogP contribution in [-0.2, 0) is 0 Å². The molecule has 0 radical (unpaired) electrons. The molecule has 0 aromatic rings. The Kier molecular flexibility index (Phi) is 3.96. The van der Waals surface area contributed by atoms with E-state index in [0.717, 1.165) is 6.42 Å². The van der Waals surface area contributed by atoms with Crippen molar-refractivity contribution >= 4 is 0 Å². The first-order valence-electron chi connectivity index (χ1n) is 5.83.